The first-order chi connectivity index (χ1) is 9.71. The number of hydrogen-bond acceptors (Lipinski definition) is 3. The molecule has 3 nitrogen and oxygen atoms in total. The summed E-state index contributed by atoms with van der Waals surface area (Å²) in [5.74, 6) is -2.17. The lowest BCUT2D eigenvalue weighted by Gasteiger charge is -2.48. The third-order valence-corrected chi connectivity index (χ3v) is 4.60. The molecule has 0 aliphatic rings. The minimum atomic E-state index is -2.17. The smallest absolute Gasteiger partial charge is 0.198 e. The molecule has 2 rings (SSSR count). The molecular weight excluding hydrogens is 264 g/mol. The summed E-state index contributed by atoms with van der Waals surface area (Å²) in [6.07, 6.45) is 0. The van der Waals surface area contributed by atoms with Crippen molar-refractivity contribution in [2.75, 3.05) is 0 Å². The summed E-state index contributed by atoms with van der Waals surface area (Å²) in [6.45, 7) is 4.90. The molecule has 2 aromatic rings. The molecule has 112 valence electrons. The van der Waals surface area contributed by atoms with Crippen molar-refractivity contribution in [3.63, 3.8) is 0 Å². The number of aliphatic hydroxyl groups is 3. The van der Waals surface area contributed by atoms with E-state index in [0.29, 0.717) is 11.1 Å². The van der Waals surface area contributed by atoms with Gasteiger partial charge in [0.2, 0.25) is 0 Å². The number of hydrogen-bond donors (Lipinski definition) is 3. The number of rotatable bonds is 4. The molecular formula is C18H22O3. The predicted molar refractivity (Wildman–Crippen MR) is 82.4 cm³/mol. The van der Waals surface area contributed by atoms with Crippen LogP contribution in [0.25, 0.3) is 0 Å². The van der Waals surface area contributed by atoms with Crippen LogP contribution in [0.4, 0.5) is 0 Å². The molecule has 0 spiro atoms. The molecule has 0 saturated heterocycles. The molecule has 0 bridgehead atoms. The summed E-state index contributed by atoms with van der Waals surface area (Å²) in [5.41, 5.74) is -1.67. The summed E-state index contributed by atoms with van der Waals surface area (Å²) in [4.78, 5) is 0. The van der Waals surface area contributed by atoms with Gasteiger partial charge in [-0.3, -0.25) is 0 Å². The Labute approximate surface area is 125 Å². The maximum atomic E-state index is 11.0. The Hall–Kier alpha value is -1.68. The first kappa shape index (κ1) is 15.7. The van der Waals surface area contributed by atoms with Gasteiger partial charge < -0.3 is 15.3 Å². The second kappa shape index (κ2) is 5.26. The predicted octanol–water partition coefficient (Wildman–Crippen LogP) is 2.76. The minimum absolute atomic E-state index is 0.353. The van der Waals surface area contributed by atoms with Crippen LogP contribution in [0.15, 0.2) is 60.7 Å². The van der Waals surface area contributed by atoms with E-state index in [1.54, 1.807) is 57.2 Å². The molecule has 0 saturated carbocycles. The fraction of sp³-hybridized carbons (Fsp3) is 0.333. The van der Waals surface area contributed by atoms with Gasteiger partial charge in [-0.05, 0) is 12.5 Å². The molecule has 0 amide bonds. The van der Waals surface area contributed by atoms with Crippen LogP contribution < -0.4 is 0 Å². The Morgan fingerprint density at radius 2 is 1.00 bits per heavy atom. The van der Waals surface area contributed by atoms with Crippen LogP contribution in [0.1, 0.15) is 31.9 Å². The highest BCUT2D eigenvalue weighted by Crippen LogP contribution is 2.50. The monoisotopic (exact) mass is 286 g/mol. The van der Waals surface area contributed by atoms with E-state index in [-0.39, 0.29) is 0 Å². The van der Waals surface area contributed by atoms with Gasteiger partial charge in [0, 0.05) is 5.56 Å². The highest BCUT2D eigenvalue weighted by atomic mass is 16.5. The topological polar surface area (TPSA) is 60.7 Å². The maximum absolute atomic E-state index is 11.0. The van der Waals surface area contributed by atoms with Crippen molar-refractivity contribution in [1.29, 1.82) is 0 Å². The van der Waals surface area contributed by atoms with Gasteiger partial charge >= 0.3 is 0 Å². The molecule has 1 unspecified atom stereocenters. The summed E-state index contributed by atoms with van der Waals surface area (Å²) >= 11 is 0. The zero-order chi connectivity index (χ0) is 15.7. The molecule has 2 aromatic carbocycles. The van der Waals surface area contributed by atoms with E-state index in [0.717, 1.165) is 0 Å². The van der Waals surface area contributed by atoms with E-state index in [4.69, 9.17) is 0 Å². The van der Waals surface area contributed by atoms with Crippen LogP contribution in [-0.2, 0) is 11.4 Å². The minimum Gasteiger partial charge on any atom is -0.385 e. The van der Waals surface area contributed by atoms with Crippen molar-refractivity contribution < 1.29 is 15.3 Å². The SMILES string of the molecule is CC(O)(c1ccccc1)C(C)(C)C(O)(O)c1ccccc1. The van der Waals surface area contributed by atoms with Gasteiger partial charge in [0.25, 0.3) is 0 Å². The Balaban J connectivity index is 2.50. The maximum Gasteiger partial charge on any atom is 0.198 e. The molecule has 0 aliphatic heterocycles. The average molecular weight is 286 g/mol. The lowest BCUT2D eigenvalue weighted by Crippen LogP contribution is -2.54. The quantitative estimate of drug-likeness (QED) is 0.757. The van der Waals surface area contributed by atoms with Crippen LogP contribution in [0, 0.1) is 5.41 Å². The van der Waals surface area contributed by atoms with Crippen molar-refractivity contribution in [2.24, 2.45) is 5.41 Å². The summed E-state index contributed by atoms with van der Waals surface area (Å²) in [5, 5.41) is 32.4. The van der Waals surface area contributed by atoms with Crippen LogP contribution in [0.3, 0.4) is 0 Å². The molecule has 0 aromatic heterocycles. The Kier molecular flexibility index (Phi) is 3.93. The molecule has 3 N–H and O–H groups in total. The first-order valence-corrected chi connectivity index (χ1v) is 6.99. The van der Waals surface area contributed by atoms with Crippen molar-refractivity contribution in [3.05, 3.63) is 71.8 Å². The van der Waals surface area contributed by atoms with Gasteiger partial charge in [0.1, 0.15) is 0 Å². The standard InChI is InChI=1S/C18H22O3/c1-16(2,17(3,19)14-10-6-4-7-11-14)18(20,21)15-12-8-5-9-13-15/h4-13,19-21H,1-3H3. The van der Waals surface area contributed by atoms with E-state index in [2.05, 4.69) is 0 Å². The van der Waals surface area contributed by atoms with Crippen LogP contribution in [0.5, 0.6) is 0 Å². The Morgan fingerprint density at radius 1 is 0.619 bits per heavy atom. The van der Waals surface area contributed by atoms with Gasteiger partial charge in [-0.1, -0.05) is 74.5 Å². The van der Waals surface area contributed by atoms with Gasteiger partial charge in [0.15, 0.2) is 5.79 Å². The molecule has 0 radical (unpaired) electrons. The molecule has 21 heavy (non-hydrogen) atoms. The fourth-order valence-corrected chi connectivity index (χ4v) is 2.49. The van der Waals surface area contributed by atoms with E-state index < -0.39 is 16.8 Å². The van der Waals surface area contributed by atoms with Crippen molar-refractivity contribution in [1.82, 2.24) is 0 Å². The highest BCUT2D eigenvalue weighted by Gasteiger charge is 2.55. The second-order valence-corrected chi connectivity index (χ2v) is 6.10. The van der Waals surface area contributed by atoms with Crippen LogP contribution in [0.2, 0.25) is 0 Å². The molecule has 0 aliphatic carbocycles. The van der Waals surface area contributed by atoms with Crippen LogP contribution in [-0.4, -0.2) is 15.3 Å². The van der Waals surface area contributed by atoms with Gasteiger partial charge in [-0.25, -0.2) is 0 Å². The Bertz CT molecular complexity index is 533. The Morgan fingerprint density at radius 3 is 1.43 bits per heavy atom. The lowest BCUT2D eigenvalue weighted by molar-refractivity contribution is -0.294. The van der Waals surface area contributed by atoms with Crippen molar-refractivity contribution >= 4 is 0 Å². The van der Waals surface area contributed by atoms with Crippen molar-refractivity contribution in [3.8, 4) is 0 Å². The highest BCUT2D eigenvalue weighted by molar-refractivity contribution is 5.29. The van der Waals surface area contributed by atoms with Gasteiger partial charge in [-0.2, -0.15) is 0 Å². The van der Waals surface area contributed by atoms with E-state index >= 15 is 0 Å². The van der Waals surface area contributed by atoms with E-state index in [9.17, 15) is 15.3 Å². The van der Waals surface area contributed by atoms with E-state index in [1.165, 1.54) is 0 Å². The summed E-state index contributed by atoms with van der Waals surface area (Å²) in [6, 6.07) is 17.6. The zero-order valence-electron chi connectivity index (χ0n) is 12.6. The number of benzene rings is 2. The van der Waals surface area contributed by atoms with Crippen LogP contribution >= 0.6 is 0 Å². The average Bonchev–Trinajstić information content (AvgIpc) is 2.48. The van der Waals surface area contributed by atoms with Crippen molar-refractivity contribution in [2.45, 2.75) is 32.2 Å². The van der Waals surface area contributed by atoms with Gasteiger partial charge in [0.05, 0.1) is 11.0 Å². The zero-order valence-corrected chi connectivity index (χ0v) is 12.6. The molecule has 3 heteroatoms. The van der Waals surface area contributed by atoms with E-state index in [1.807, 2.05) is 24.3 Å². The largest absolute Gasteiger partial charge is 0.385 e. The summed E-state index contributed by atoms with van der Waals surface area (Å²) < 4.78 is 0. The third kappa shape index (κ3) is 2.48. The molecule has 0 fully saturated rings. The normalized spacial score (nSPS) is 15.5. The van der Waals surface area contributed by atoms with Gasteiger partial charge in [-0.15, -0.1) is 0 Å². The lowest BCUT2D eigenvalue weighted by atomic mass is 9.65. The molecule has 1 atom stereocenters. The third-order valence-electron chi connectivity index (χ3n) is 4.60. The summed E-state index contributed by atoms with van der Waals surface area (Å²) in [7, 11) is 0. The molecule has 0 heterocycles. The fourth-order valence-electron chi connectivity index (χ4n) is 2.49. The first-order valence-electron chi connectivity index (χ1n) is 6.99. The second-order valence-electron chi connectivity index (χ2n) is 6.10.